The van der Waals surface area contributed by atoms with E-state index in [0.717, 1.165) is 22.8 Å². The van der Waals surface area contributed by atoms with E-state index in [2.05, 4.69) is 42.5 Å². The average Bonchev–Trinajstić information content (AvgIpc) is 3.23. The predicted molar refractivity (Wildman–Crippen MR) is 122 cm³/mol. The SMILES string of the molecule is CCNCc1cnc(Nc2ncc(-c3cc(C)nc(Oc4ccccc4Cl)n3)s2)cn1. The van der Waals surface area contributed by atoms with Gasteiger partial charge in [-0.2, -0.15) is 4.98 Å². The third kappa shape index (κ3) is 5.52. The molecule has 3 aromatic heterocycles. The number of thiazole rings is 1. The second-order valence-electron chi connectivity index (χ2n) is 6.54. The van der Waals surface area contributed by atoms with Crippen LogP contribution in [-0.4, -0.2) is 31.5 Å². The number of nitrogens with one attached hydrogen (secondary N) is 2. The van der Waals surface area contributed by atoms with Crippen molar-refractivity contribution in [3.05, 3.63) is 65.3 Å². The van der Waals surface area contributed by atoms with Crippen LogP contribution in [0.4, 0.5) is 10.9 Å². The van der Waals surface area contributed by atoms with Gasteiger partial charge in [0.05, 0.1) is 33.7 Å². The molecule has 0 unspecified atom stereocenters. The van der Waals surface area contributed by atoms with Crippen LogP contribution >= 0.6 is 22.9 Å². The maximum absolute atomic E-state index is 6.17. The maximum atomic E-state index is 6.17. The van der Waals surface area contributed by atoms with E-state index in [4.69, 9.17) is 16.3 Å². The van der Waals surface area contributed by atoms with Gasteiger partial charge in [-0.1, -0.05) is 42.0 Å². The lowest BCUT2D eigenvalue weighted by molar-refractivity contribution is 0.441. The minimum atomic E-state index is 0.230. The summed E-state index contributed by atoms with van der Waals surface area (Å²) in [7, 11) is 0. The normalized spacial score (nSPS) is 10.8. The highest BCUT2D eigenvalue weighted by atomic mass is 35.5. The molecule has 0 atom stereocenters. The van der Waals surface area contributed by atoms with Gasteiger partial charge < -0.3 is 15.4 Å². The third-order valence-corrected chi connectivity index (χ3v) is 5.37. The monoisotopic (exact) mass is 453 g/mol. The van der Waals surface area contributed by atoms with Crippen LogP contribution in [0.25, 0.3) is 10.6 Å². The molecule has 1 aromatic carbocycles. The van der Waals surface area contributed by atoms with Crippen molar-refractivity contribution >= 4 is 33.9 Å². The summed E-state index contributed by atoms with van der Waals surface area (Å²) in [6.45, 7) is 5.51. The lowest BCUT2D eigenvalue weighted by Crippen LogP contribution is -2.13. The van der Waals surface area contributed by atoms with Crippen molar-refractivity contribution in [1.82, 2.24) is 30.2 Å². The molecule has 0 saturated heterocycles. The molecule has 0 bridgehead atoms. The molecule has 0 aliphatic carbocycles. The Morgan fingerprint density at radius 2 is 1.94 bits per heavy atom. The van der Waals surface area contributed by atoms with Crippen molar-refractivity contribution in [2.45, 2.75) is 20.4 Å². The molecule has 4 aromatic rings. The zero-order chi connectivity index (χ0) is 21.6. The quantitative estimate of drug-likeness (QED) is 0.384. The Morgan fingerprint density at radius 3 is 2.71 bits per heavy atom. The molecule has 0 amide bonds. The van der Waals surface area contributed by atoms with Crippen LogP contribution < -0.4 is 15.4 Å². The van der Waals surface area contributed by atoms with Crippen LogP contribution in [0.1, 0.15) is 18.3 Å². The Balaban J connectivity index is 1.49. The number of aromatic nitrogens is 5. The summed E-state index contributed by atoms with van der Waals surface area (Å²) in [5, 5.41) is 7.58. The summed E-state index contributed by atoms with van der Waals surface area (Å²) < 4.78 is 5.78. The van der Waals surface area contributed by atoms with Gasteiger partial charge in [0.25, 0.3) is 0 Å². The standard InChI is InChI=1S/C21H20ClN7OS/c1-3-23-9-14-10-25-19(12-24-14)29-21-26-11-18(31-21)16-8-13(2)27-20(28-16)30-17-7-5-4-6-15(17)22/h4-8,10-12,23H,3,9H2,1-2H3,(H,25,26,29). The summed E-state index contributed by atoms with van der Waals surface area (Å²) in [5.74, 6) is 1.13. The predicted octanol–water partition coefficient (Wildman–Crippen LogP) is 5.00. The van der Waals surface area contributed by atoms with Gasteiger partial charge in [-0.05, 0) is 31.7 Å². The number of hydrogen-bond acceptors (Lipinski definition) is 9. The van der Waals surface area contributed by atoms with E-state index >= 15 is 0 Å². The molecule has 0 radical (unpaired) electrons. The van der Waals surface area contributed by atoms with E-state index in [1.54, 1.807) is 30.7 Å². The first kappa shape index (κ1) is 21.1. The van der Waals surface area contributed by atoms with E-state index in [1.807, 2.05) is 25.1 Å². The van der Waals surface area contributed by atoms with Gasteiger partial charge in [0.2, 0.25) is 0 Å². The second-order valence-corrected chi connectivity index (χ2v) is 7.98. The van der Waals surface area contributed by atoms with Crippen LogP contribution in [-0.2, 0) is 6.54 Å². The molecule has 0 aliphatic heterocycles. The minimum absolute atomic E-state index is 0.230. The molecule has 10 heteroatoms. The first-order chi connectivity index (χ1) is 15.1. The largest absolute Gasteiger partial charge is 0.423 e. The first-order valence-electron chi connectivity index (χ1n) is 9.63. The molecule has 3 heterocycles. The van der Waals surface area contributed by atoms with Crippen molar-refractivity contribution in [3.63, 3.8) is 0 Å². The molecule has 0 aliphatic rings. The third-order valence-electron chi connectivity index (χ3n) is 4.13. The molecule has 158 valence electrons. The number of hydrogen-bond donors (Lipinski definition) is 2. The number of anilines is 2. The molecule has 2 N–H and O–H groups in total. The van der Waals surface area contributed by atoms with Gasteiger partial charge in [-0.25, -0.2) is 15.0 Å². The van der Waals surface area contributed by atoms with E-state index < -0.39 is 0 Å². The topological polar surface area (TPSA) is 97.7 Å². The molecule has 4 rings (SSSR count). The molecular formula is C21H20ClN7OS. The van der Waals surface area contributed by atoms with Gasteiger partial charge in [0.1, 0.15) is 5.75 Å². The van der Waals surface area contributed by atoms with Gasteiger partial charge in [0, 0.05) is 18.4 Å². The maximum Gasteiger partial charge on any atom is 0.322 e. The summed E-state index contributed by atoms with van der Waals surface area (Å²) in [5.41, 5.74) is 2.37. The Morgan fingerprint density at radius 1 is 1.06 bits per heavy atom. The fourth-order valence-electron chi connectivity index (χ4n) is 2.66. The number of rotatable bonds is 8. The van der Waals surface area contributed by atoms with E-state index in [9.17, 15) is 0 Å². The van der Waals surface area contributed by atoms with Crippen molar-refractivity contribution in [3.8, 4) is 22.3 Å². The fraction of sp³-hybridized carbons (Fsp3) is 0.190. The molecular weight excluding hydrogens is 434 g/mol. The molecule has 0 spiro atoms. The average molecular weight is 454 g/mol. The summed E-state index contributed by atoms with van der Waals surface area (Å²) in [6.07, 6.45) is 5.19. The van der Waals surface area contributed by atoms with E-state index in [1.165, 1.54) is 11.3 Å². The van der Waals surface area contributed by atoms with Crippen molar-refractivity contribution < 1.29 is 4.74 Å². The Kier molecular flexibility index (Phi) is 6.66. The lowest BCUT2D eigenvalue weighted by atomic mass is 10.3. The van der Waals surface area contributed by atoms with E-state index in [0.29, 0.717) is 34.0 Å². The van der Waals surface area contributed by atoms with Crippen LogP contribution in [0.5, 0.6) is 11.8 Å². The van der Waals surface area contributed by atoms with Crippen molar-refractivity contribution in [2.75, 3.05) is 11.9 Å². The van der Waals surface area contributed by atoms with Gasteiger partial charge in [0.15, 0.2) is 10.9 Å². The number of benzene rings is 1. The van der Waals surface area contributed by atoms with Gasteiger partial charge >= 0.3 is 6.01 Å². The number of para-hydroxylation sites is 1. The van der Waals surface area contributed by atoms with Gasteiger partial charge in [-0.15, -0.1) is 0 Å². The zero-order valence-corrected chi connectivity index (χ0v) is 18.5. The van der Waals surface area contributed by atoms with Crippen LogP contribution in [0.2, 0.25) is 5.02 Å². The number of ether oxygens (including phenoxy) is 1. The molecule has 0 fully saturated rings. The summed E-state index contributed by atoms with van der Waals surface area (Å²) in [4.78, 5) is 22.9. The van der Waals surface area contributed by atoms with Crippen LogP contribution in [0.15, 0.2) is 48.9 Å². The number of halogens is 1. The first-order valence-corrected chi connectivity index (χ1v) is 10.8. The highest BCUT2D eigenvalue weighted by Crippen LogP contribution is 2.32. The van der Waals surface area contributed by atoms with Crippen molar-refractivity contribution in [1.29, 1.82) is 0 Å². The summed E-state index contributed by atoms with van der Waals surface area (Å²) in [6, 6.07) is 9.32. The van der Waals surface area contributed by atoms with Crippen LogP contribution in [0.3, 0.4) is 0 Å². The number of nitrogens with zero attached hydrogens (tertiary/aromatic N) is 5. The van der Waals surface area contributed by atoms with Crippen LogP contribution in [0, 0.1) is 6.92 Å². The molecule has 0 saturated carbocycles. The highest BCUT2D eigenvalue weighted by Gasteiger charge is 2.12. The highest BCUT2D eigenvalue weighted by molar-refractivity contribution is 7.18. The lowest BCUT2D eigenvalue weighted by Gasteiger charge is -2.07. The Hall–Kier alpha value is -3.14. The van der Waals surface area contributed by atoms with Gasteiger partial charge in [-0.3, -0.25) is 4.98 Å². The Labute approximate surface area is 188 Å². The smallest absolute Gasteiger partial charge is 0.322 e. The number of aryl methyl sites for hydroxylation is 1. The van der Waals surface area contributed by atoms with Crippen molar-refractivity contribution in [2.24, 2.45) is 0 Å². The minimum Gasteiger partial charge on any atom is -0.423 e. The second kappa shape index (κ2) is 9.78. The molecule has 8 nitrogen and oxygen atoms in total. The zero-order valence-electron chi connectivity index (χ0n) is 17.0. The molecule has 31 heavy (non-hydrogen) atoms. The summed E-state index contributed by atoms with van der Waals surface area (Å²) >= 11 is 7.63. The van der Waals surface area contributed by atoms with E-state index in [-0.39, 0.29) is 6.01 Å². The fourth-order valence-corrected chi connectivity index (χ4v) is 3.62. The Bertz CT molecular complexity index is 1170.